The maximum absolute atomic E-state index is 13.6. The Hall–Kier alpha value is -4.02. The highest BCUT2D eigenvalue weighted by Crippen LogP contribution is 2.35. The largest absolute Gasteiger partial charge is 0.344 e. The van der Waals surface area contributed by atoms with Gasteiger partial charge in [-0.25, -0.2) is 17.5 Å². The van der Waals surface area contributed by atoms with Gasteiger partial charge in [0.15, 0.2) is 5.54 Å². The molecule has 3 aromatic carbocycles. The molecule has 4 rings (SSSR count). The summed E-state index contributed by atoms with van der Waals surface area (Å²) >= 11 is 0. The van der Waals surface area contributed by atoms with Crippen LogP contribution in [-0.4, -0.2) is 49.7 Å². The Morgan fingerprint density at radius 3 is 1.82 bits per heavy atom. The Balaban J connectivity index is 1.64. The average molecular weight is 479 g/mol. The minimum absolute atomic E-state index is 0.0104. The van der Waals surface area contributed by atoms with Gasteiger partial charge in [-0.3, -0.25) is 15.0 Å². The predicted molar refractivity (Wildman–Crippen MR) is 124 cm³/mol. The molecular weight excluding hydrogens is 456 g/mol. The van der Waals surface area contributed by atoms with E-state index in [-0.39, 0.29) is 10.5 Å². The number of sulfonamides is 1. The molecule has 10 heteroatoms. The fourth-order valence-corrected chi connectivity index (χ4v) is 4.62. The molecule has 0 spiro atoms. The summed E-state index contributed by atoms with van der Waals surface area (Å²) in [6.45, 7) is 0. The van der Waals surface area contributed by atoms with Gasteiger partial charge in [-0.2, -0.15) is 5.01 Å². The number of carbonyl (C=O) groups is 3. The van der Waals surface area contributed by atoms with E-state index in [2.05, 4.69) is 10.7 Å². The molecule has 0 saturated carbocycles. The number of benzene rings is 3. The van der Waals surface area contributed by atoms with Crippen LogP contribution in [0.15, 0.2) is 89.8 Å². The lowest BCUT2D eigenvalue weighted by Crippen LogP contribution is -2.49. The topological polar surface area (TPSA) is 116 Å². The summed E-state index contributed by atoms with van der Waals surface area (Å²) in [5.74, 6) is -1.41. The molecule has 4 amide bonds. The van der Waals surface area contributed by atoms with Crippen molar-refractivity contribution in [3.63, 3.8) is 0 Å². The van der Waals surface area contributed by atoms with Crippen molar-refractivity contribution < 1.29 is 22.8 Å². The van der Waals surface area contributed by atoms with E-state index in [1.54, 1.807) is 60.7 Å². The van der Waals surface area contributed by atoms with E-state index in [1.165, 1.54) is 38.4 Å². The van der Waals surface area contributed by atoms with Crippen LogP contribution in [0.5, 0.6) is 0 Å². The summed E-state index contributed by atoms with van der Waals surface area (Å²) in [4.78, 5) is 39.3. The fourth-order valence-electron chi connectivity index (χ4n) is 3.72. The first-order valence-electron chi connectivity index (χ1n) is 10.3. The van der Waals surface area contributed by atoms with Crippen LogP contribution in [0, 0.1) is 0 Å². The standard InChI is InChI=1S/C24H22N4O5S/c1-27(2)34(32,33)20-15-13-17(14-16-20)21(29)26-28-22(30)24(25-23(28)31,18-9-5-3-6-10-18)19-11-7-4-8-12-19/h3-16H,1-2H3,(H,25,31)(H,26,29). The summed E-state index contributed by atoms with van der Waals surface area (Å²) in [6.07, 6.45) is 0. The minimum Gasteiger partial charge on any atom is -0.314 e. The quantitative estimate of drug-likeness (QED) is 0.527. The van der Waals surface area contributed by atoms with Gasteiger partial charge < -0.3 is 5.32 Å². The number of nitrogens with one attached hydrogen (secondary N) is 2. The smallest absolute Gasteiger partial charge is 0.314 e. The summed E-state index contributed by atoms with van der Waals surface area (Å²) < 4.78 is 25.5. The van der Waals surface area contributed by atoms with Crippen LogP contribution >= 0.6 is 0 Å². The van der Waals surface area contributed by atoms with Crippen LogP contribution in [-0.2, 0) is 20.4 Å². The van der Waals surface area contributed by atoms with E-state index >= 15 is 0 Å². The Kier molecular flexibility index (Phi) is 5.94. The van der Waals surface area contributed by atoms with Crippen LogP contribution in [0.3, 0.4) is 0 Å². The minimum atomic E-state index is -3.66. The number of hydrogen-bond donors (Lipinski definition) is 2. The van der Waals surface area contributed by atoms with Gasteiger partial charge in [0.05, 0.1) is 4.90 Å². The number of nitrogens with zero attached hydrogens (tertiary/aromatic N) is 2. The van der Waals surface area contributed by atoms with Gasteiger partial charge in [-0.15, -0.1) is 0 Å². The zero-order valence-corrected chi connectivity index (χ0v) is 19.2. The maximum atomic E-state index is 13.6. The zero-order chi connectivity index (χ0) is 24.5. The average Bonchev–Trinajstić information content (AvgIpc) is 3.10. The Morgan fingerprint density at radius 1 is 0.853 bits per heavy atom. The van der Waals surface area contributed by atoms with Gasteiger partial charge >= 0.3 is 6.03 Å². The van der Waals surface area contributed by atoms with Crippen LogP contribution < -0.4 is 10.7 Å². The van der Waals surface area contributed by atoms with Gasteiger partial charge in [-0.1, -0.05) is 60.7 Å². The van der Waals surface area contributed by atoms with Gasteiger partial charge in [0.1, 0.15) is 0 Å². The van der Waals surface area contributed by atoms with E-state index in [9.17, 15) is 22.8 Å². The molecule has 1 saturated heterocycles. The molecule has 1 aliphatic heterocycles. The SMILES string of the molecule is CN(C)S(=O)(=O)c1ccc(C(=O)NN2C(=O)NC(c3ccccc3)(c3ccccc3)C2=O)cc1. The number of hydrazine groups is 1. The van der Waals surface area contributed by atoms with Crippen LogP contribution in [0.25, 0.3) is 0 Å². The van der Waals surface area contributed by atoms with Gasteiger partial charge in [-0.05, 0) is 35.4 Å². The molecule has 1 aliphatic rings. The second kappa shape index (κ2) is 8.73. The normalized spacial score (nSPS) is 15.3. The molecule has 9 nitrogen and oxygen atoms in total. The zero-order valence-electron chi connectivity index (χ0n) is 18.4. The van der Waals surface area contributed by atoms with E-state index in [0.29, 0.717) is 16.1 Å². The number of imide groups is 1. The van der Waals surface area contributed by atoms with Crippen molar-refractivity contribution in [2.75, 3.05) is 14.1 Å². The highest BCUT2D eigenvalue weighted by molar-refractivity contribution is 7.89. The third-order valence-corrected chi connectivity index (χ3v) is 7.37. The van der Waals surface area contributed by atoms with Crippen LogP contribution in [0.2, 0.25) is 0 Å². The first kappa shape index (κ1) is 23.1. The number of carbonyl (C=O) groups excluding carboxylic acids is 3. The van der Waals surface area contributed by atoms with Crippen LogP contribution in [0.1, 0.15) is 21.5 Å². The van der Waals surface area contributed by atoms with Crippen molar-refractivity contribution in [3.05, 3.63) is 102 Å². The molecule has 0 atom stereocenters. The Morgan fingerprint density at radius 2 is 1.35 bits per heavy atom. The molecule has 3 aromatic rings. The van der Waals surface area contributed by atoms with Crippen molar-refractivity contribution in [2.45, 2.75) is 10.4 Å². The molecule has 0 bridgehead atoms. The lowest BCUT2D eigenvalue weighted by atomic mass is 9.83. The summed E-state index contributed by atoms with van der Waals surface area (Å²) in [7, 11) is -0.859. The number of rotatable bonds is 6. The Bertz CT molecular complexity index is 1300. The van der Waals surface area contributed by atoms with E-state index in [1.807, 2.05) is 0 Å². The first-order chi connectivity index (χ1) is 16.2. The first-order valence-corrected chi connectivity index (χ1v) is 11.7. The summed E-state index contributed by atoms with van der Waals surface area (Å²) in [5, 5.41) is 3.38. The molecule has 0 unspecified atom stereocenters. The molecule has 174 valence electrons. The molecule has 0 radical (unpaired) electrons. The Labute approximate surface area is 197 Å². The number of urea groups is 1. The summed E-state index contributed by atoms with van der Waals surface area (Å²) in [5.41, 5.74) is 1.98. The molecule has 34 heavy (non-hydrogen) atoms. The van der Waals surface area contributed by atoms with Gasteiger partial charge in [0.25, 0.3) is 11.8 Å². The molecule has 2 N–H and O–H groups in total. The lowest BCUT2D eigenvalue weighted by Gasteiger charge is -2.27. The summed E-state index contributed by atoms with van der Waals surface area (Å²) in [6, 6.07) is 21.9. The molecule has 1 heterocycles. The monoisotopic (exact) mass is 478 g/mol. The third kappa shape index (κ3) is 3.82. The third-order valence-electron chi connectivity index (χ3n) is 5.54. The van der Waals surface area contributed by atoms with Crippen LogP contribution in [0.4, 0.5) is 4.79 Å². The van der Waals surface area contributed by atoms with Crippen molar-refractivity contribution in [2.24, 2.45) is 0 Å². The van der Waals surface area contributed by atoms with Gasteiger partial charge in [0, 0.05) is 19.7 Å². The van der Waals surface area contributed by atoms with Crippen molar-refractivity contribution in [1.29, 1.82) is 0 Å². The molecule has 1 fully saturated rings. The van der Waals surface area contributed by atoms with E-state index in [4.69, 9.17) is 0 Å². The number of hydrogen-bond acceptors (Lipinski definition) is 5. The van der Waals surface area contributed by atoms with E-state index in [0.717, 1.165) is 4.31 Å². The second-order valence-corrected chi connectivity index (χ2v) is 9.96. The second-order valence-electron chi connectivity index (χ2n) is 7.81. The highest BCUT2D eigenvalue weighted by Gasteiger charge is 2.54. The van der Waals surface area contributed by atoms with Gasteiger partial charge in [0.2, 0.25) is 10.0 Å². The highest BCUT2D eigenvalue weighted by atomic mass is 32.2. The van der Waals surface area contributed by atoms with Crippen molar-refractivity contribution in [3.8, 4) is 0 Å². The predicted octanol–water partition coefficient (Wildman–Crippen LogP) is 2.08. The van der Waals surface area contributed by atoms with Crippen molar-refractivity contribution in [1.82, 2.24) is 20.1 Å². The molecule has 0 aliphatic carbocycles. The lowest BCUT2D eigenvalue weighted by molar-refractivity contribution is -0.131. The fraction of sp³-hybridized carbons (Fsp3) is 0.125. The number of amides is 4. The molecule has 0 aromatic heterocycles. The van der Waals surface area contributed by atoms with Crippen molar-refractivity contribution >= 4 is 27.9 Å². The maximum Gasteiger partial charge on any atom is 0.344 e. The molecular formula is C24H22N4O5S. The van der Waals surface area contributed by atoms with E-state index < -0.39 is 33.4 Å².